The zero-order valence-electron chi connectivity index (χ0n) is 28.9. The number of Topliss-reactive ketones (excluding diaryl/α,β-unsaturated/α-hetero) is 1. The van der Waals surface area contributed by atoms with Gasteiger partial charge in [0.1, 0.15) is 18.1 Å². The van der Waals surface area contributed by atoms with Crippen molar-refractivity contribution in [3.05, 3.63) is 90.0 Å². The third-order valence-electron chi connectivity index (χ3n) is 11.2. The summed E-state index contributed by atoms with van der Waals surface area (Å²) in [6, 6.07) is 24.2. The van der Waals surface area contributed by atoms with Crippen molar-refractivity contribution in [1.29, 1.82) is 0 Å². The Morgan fingerprint density at radius 3 is 2.12 bits per heavy atom. The maximum Gasteiger partial charge on any atom is 0.539 e. The summed E-state index contributed by atoms with van der Waals surface area (Å²) in [7, 11) is -2.19. The predicted octanol–water partition coefficient (Wildman–Crippen LogP) is 9.15. The summed E-state index contributed by atoms with van der Waals surface area (Å²) in [6.45, 7) is 13.4. The molecule has 3 aliphatic rings. The Kier molecular flexibility index (Phi) is 9.30. The molecule has 9 heteroatoms. The number of hydrogen-bond donors (Lipinski definition) is 0. The van der Waals surface area contributed by atoms with Gasteiger partial charge in [0.05, 0.1) is 11.5 Å². The number of ketones is 1. The highest BCUT2D eigenvalue weighted by Gasteiger charge is 2.58. The molecule has 2 saturated carbocycles. The van der Waals surface area contributed by atoms with Gasteiger partial charge in [0.25, 0.3) is 0 Å². The maximum atomic E-state index is 14.1. The van der Waals surface area contributed by atoms with Crippen molar-refractivity contribution in [3.63, 3.8) is 0 Å². The molecule has 1 amide bonds. The fourth-order valence-corrected chi connectivity index (χ4v) is 8.59. The van der Waals surface area contributed by atoms with Gasteiger partial charge in [-0.25, -0.2) is 9.59 Å². The summed E-state index contributed by atoms with van der Waals surface area (Å²) < 4.78 is 18.2. The normalized spacial score (nSPS) is 23.5. The molecule has 48 heavy (non-hydrogen) atoms. The number of hydrogen-bond acceptors (Lipinski definition) is 7. The van der Waals surface area contributed by atoms with E-state index in [9.17, 15) is 14.4 Å². The number of benzene rings is 3. The summed E-state index contributed by atoms with van der Waals surface area (Å²) in [4.78, 5) is 46.9. The van der Waals surface area contributed by atoms with Crippen LogP contribution in [-0.4, -0.2) is 50.7 Å². The molecule has 4 atom stereocenters. The highest BCUT2D eigenvalue weighted by molar-refractivity contribution is 6.74. The molecule has 0 saturated heterocycles. The van der Waals surface area contributed by atoms with E-state index in [-0.39, 0.29) is 35.2 Å². The molecule has 0 spiro atoms. The van der Waals surface area contributed by atoms with Crippen LogP contribution in [0.3, 0.4) is 0 Å². The molecular weight excluding hydrogens is 623 g/mol. The lowest BCUT2D eigenvalue weighted by Crippen LogP contribution is -2.50. The molecule has 2 fully saturated rings. The van der Waals surface area contributed by atoms with Crippen molar-refractivity contribution < 1.29 is 33.1 Å². The minimum atomic E-state index is -2.19. The number of carbonyl (C=O) groups is 3. The molecule has 0 N–H and O–H groups in total. The van der Waals surface area contributed by atoms with Gasteiger partial charge in [-0.15, -0.1) is 5.06 Å². The predicted molar refractivity (Wildman–Crippen MR) is 186 cm³/mol. The molecule has 0 radical (unpaired) electrons. The third kappa shape index (κ3) is 6.54. The van der Waals surface area contributed by atoms with Crippen molar-refractivity contribution in [2.24, 2.45) is 17.3 Å². The lowest BCUT2D eigenvalue weighted by atomic mass is 9.65. The molecule has 8 nitrogen and oxygen atoms in total. The number of nitrogens with zero attached hydrogens (tertiary/aromatic N) is 1. The summed E-state index contributed by atoms with van der Waals surface area (Å²) in [6.07, 6.45) is 0.268. The summed E-state index contributed by atoms with van der Waals surface area (Å²) in [5.41, 5.74) is 3.61. The third-order valence-corrected chi connectivity index (χ3v) is 15.7. The monoisotopic (exact) mass is 669 g/mol. The van der Waals surface area contributed by atoms with Crippen LogP contribution in [-0.2, 0) is 18.8 Å². The highest BCUT2D eigenvalue weighted by atomic mass is 28.4. The standard InChI is InChI=1S/C39H47NO7Si/c1-26-20-27-22-28(23-39(27,35(41)21-26)25-45-48(5,6)38(2,3)4)40(47-37(43)46-29-14-8-7-9-15-29)36(42)44-24-34-32-18-12-10-16-30(32)31-17-11-13-19-33(31)34/h7-19,26-28,34H,20-25H2,1-6H3/t26-,27?,28-,39+/m1/s1. The van der Waals surface area contributed by atoms with E-state index < -0.39 is 32.0 Å². The Morgan fingerprint density at radius 1 is 0.896 bits per heavy atom. The smallest absolute Gasteiger partial charge is 0.446 e. The molecule has 254 valence electrons. The Morgan fingerprint density at radius 2 is 1.50 bits per heavy atom. The molecule has 6 rings (SSSR count). The number of rotatable bonds is 7. The van der Waals surface area contributed by atoms with Gasteiger partial charge in [-0.05, 0) is 83.6 Å². The van der Waals surface area contributed by atoms with E-state index in [4.69, 9.17) is 18.7 Å². The summed E-state index contributed by atoms with van der Waals surface area (Å²) in [5, 5.41) is 1.00. The average Bonchev–Trinajstić information content (AvgIpc) is 3.58. The zero-order valence-corrected chi connectivity index (χ0v) is 29.9. The van der Waals surface area contributed by atoms with Crippen LogP contribution in [0.5, 0.6) is 5.75 Å². The first-order valence-electron chi connectivity index (χ1n) is 17.1. The number of ether oxygens (including phenoxy) is 2. The Balaban J connectivity index is 1.26. The lowest BCUT2D eigenvalue weighted by Gasteiger charge is -2.44. The van der Waals surface area contributed by atoms with E-state index >= 15 is 0 Å². The Labute approximate surface area is 284 Å². The number of hydroxylamine groups is 2. The van der Waals surface area contributed by atoms with Crippen molar-refractivity contribution in [1.82, 2.24) is 5.06 Å². The van der Waals surface area contributed by atoms with Crippen molar-refractivity contribution >= 4 is 26.3 Å². The molecule has 0 heterocycles. The average molecular weight is 670 g/mol. The summed E-state index contributed by atoms with van der Waals surface area (Å²) in [5.74, 6) is 0.470. The van der Waals surface area contributed by atoms with Crippen LogP contribution in [0, 0.1) is 17.3 Å². The summed E-state index contributed by atoms with van der Waals surface area (Å²) >= 11 is 0. The molecule has 1 unspecified atom stereocenters. The van der Waals surface area contributed by atoms with Gasteiger partial charge in [0.2, 0.25) is 0 Å². The van der Waals surface area contributed by atoms with Gasteiger partial charge in [-0.3, -0.25) is 9.63 Å². The maximum absolute atomic E-state index is 14.1. The number of fused-ring (bicyclic) bond motifs is 4. The quantitative estimate of drug-likeness (QED) is 0.107. The van der Waals surface area contributed by atoms with Crippen LogP contribution in [0.4, 0.5) is 9.59 Å². The largest absolute Gasteiger partial charge is 0.539 e. The first kappa shape index (κ1) is 33.9. The first-order chi connectivity index (χ1) is 22.8. The first-order valence-corrected chi connectivity index (χ1v) is 20.0. The Bertz CT molecular complexity index is 1620. The van der Waals surface area contributed by atoms with Crippen LogP contribution in [0.25, 0.3) is 11.1 Å². The van der Waals surface area contributed by atoms with E-state index in [0.29, 0.717) is 31.6 Å². The molecule has 0 aromatic heterocycles. The van der Waals surface area contributed by atoms with Crippen molar-refractivity contribution in [3.8, 4) is 16.9 Å². The van der Waals surface area contributed by atoms with Gasteiger partial charge in [-0.1, -0.05) is 94.4 Å². The fraction of sp³-hybridized carbons (Fsp3) is 0.462. The molecule has 3 aromatic rings. The van der Waals surface area contributed by atoms with Gasteiger partial charge < -0.3 is 13.9 Å². The second-order valence-electron chi connectivity index (χ2n) is 15.4. The van der Waals surface area contributed by atoms with Crippen LogP contribution in [0.2, 0.25) is 18.1 Å². The number of amides is 1. The van der Waals surface area contributed by atoms with Crippen LogP contribution in [0.15, 0.2) is 78.9 Å². The van der Waals surface area contributed by atoms with Crippen LogP contribution in [0.1, 0.15) is 70.4 Å². The fourth-order valence-electron chi connectivity index (χ4n) is 7.54. The molecule has 3 aliphatic carbocycles. The zero-order chi connectivity index (χ0) is 34.3. The van der Waals surface area contributed by atoms with E-state index in [1.165, 1.54) is 0 Å². The molecule has 3 aromatic carbocycles. The number of para-hydroxylation sites is 1. The SMILES string of the molecule is C[C@H]1CC(=O)[C@]2(CO[Si](C)(C)C(C)(C)C)C[C@H](N(OC(=O)Oc3ccccc3)C(=O)OCC3c4ccccc4-c4ccccc43)CC2C1. The van der Waals surface area contributed by atoms with E-state index in [1.54, 1.807) is 24.3 Å². The van der Waals surface area contributed by atoms with Gasteiger partial charge in [0, 0.05) is 18.9 Å². The van der Waals surface area contributed by atoms with Crippen molar-refractivity contribution in [2.75, 3.05) is 13.2 Å². The minimum absolute atomic E-state index is 0.0267. The Hall–Kier alpha value is -3.95. The topological polar surface area (TPSA) is 91.4 Å². The second-order valence-corrected chi connectivity index (χ2v) is 20.2. The van der Waals surface area contributed by atoms with Gasteiger partial charge >= 0.3 is 12.2 Å². The second kappa shape index (κ2) is 13.2. The van der Waals surface area contributed by atoms with E-state index in [2.05, 4.69) is 65.1 Å². The highest BCUT2D eigenvalue weighted by Crippen LogP contribution is 2.54. The van der Waals surface area contributed by atoms with E-state index in [1.807, 2.05) is 30.3 Å². The van der Waals surface area contributed by atoms with Gasteiger partial charge in [-0.2, -0.15) is 0 Å². The minimum Gasteiger partial charge on any atom is -0.446 e. The van der Waals surface area contributed by atoms with Crippen LogP contribution < -0.4 is 4.74 Å². The molecule has 0 bridgehead atoms. The van der Waals surface area contributed by atoms with Crippen molar-refractivity contribution in [2.45, 2.75) is 83.5 Å². The van der Waals surface area contributed by atoms with E-state index in [0.717, 1.165) is 33.7 Å². The molecule has 0 aliphatic heterocycles. The van der Waals surface area contributed by atoms with Gasteiger partial charge in [0.15, 0.2) is 8.32 Å². The lowest BCUT2D eigenvalue weighted by molar-refractivity contribution is -0.140. The van der Waals surface area contributed by atoms with Crippen LogP contribution >= 0.6 is 0 Å². The number of carbonyl (C=O) groups excluding carboxylic acids is 3. The molecular formula is C39H47NO7Si.